The summed E-state index contributed by atoms with van der Waals surface area (Å²) in [7, 11) is 0. The molecule has 7 heteroatoms. The minimum atomic E-state index is -0.556. The number of nitrogens with zero attached hydrogens (tertiary/aromatic N) is 1. The van der Waals surface area contributed by atoms with Crippen molar-refractivity contribution in [2.24, 2.45) is 0 Å². The minimum Gasteiger partial charge on any atom is -0.454 e. The number of fused-ring (bicyclic) bond motifs is 1. The summed E-state index contributed by atoms with van der Waals surface area (Å²) < 4.78 is 5.75. The number of nitrogens with one attached hydrogen (secondary N) is 1. The molecule has 0 bridgehead atoms. The molecule has 0 radical (unpaired) electrons. The van der Waals surface area contributed by atoms with Gasteiger partial charge in [-0.25, -0.2) is 0 Å². The van der Waals surface area contributed by atoms with E-state index in [-0.39, 0.29) is 21.5 Å². The van der Waals surface area contributed by atoms with Crippen LogP contribution in [0.4, 0.5) is 5.69 Å². The molecular weight excluding hydrogens is 351 g/mol. The van der Waals surface area contributed by atoms with E-state index in [1.54, 1.807) is 0 Å². The first-order valence-corrected chi connectivity index (χ1v) is 8.04. The van der Waals surface area contributed by atoms with Gasteiger partial charge in [-0.15, -0.1) is 0 Å². The van der Waals surface area contributed by atoms with E-state index in [2.05, 4.69) is 18.8 Å². The molecule has 0 spiro atoms. The largest absolute Gasteiger partial charge is 0.454 e. The maximum Gasteiger partial charge on any atom is 0.272 e. The molecule has 0 aliphatic heterocycles. The van der Waals surface area contributed by atoms with Gasteiger partial charge in [0.25, 0.3) is 5.69 Å². The van der Waals surface area contributed by atoms with Crippen molar-refractivity contribution in [3.05, 3.63) is 62.3 Å². The minimum absolute atomic E-state index is 0.0867. The second-order valence-corrected chi connectivity index (χ2v) is 6.52. The van der Waals surface area contributed by atoms with Gasteiger partial charge in [0.1, 0.15) is 5.75 Å². The number of nitro groups is 1. The SMILES string of the molecule is CC(C)c1c[nH]c2cc(Oc3c(Cl)cc([N+](=O)[O-])cc3Cl)ccc12. The number of H-pyrrole nitrogens is 1. The lowest BCUT2D eigenvalue weighted by Crippen LogP contribution is -1.91. The third-order valence-corrected chi connectivity index (χ3v) is 4.28. The van der Waals surface area contributed by atoms with E-state index in [1.165, 1.54) is 17.7 Å². The molecule has 0 unspecified atom stereocenters. The van der Waals surface area contributed by atoms with Crippen LogP contribution in [0.5, 0.6) is 11.5 Å². The van der Waals surface area contributed by atoms with Gasteiger partial charge >= 0.3 is 0 Å². The summed E-state index contributed by atoms with van der Waals surface area (Å²) in [4.78, 5) is 13.5. The van der Waals surface area contributed by atoms with Crippen molar-refractivity contribution in [1.82, 2.24) is 4.98 Å². The molecule has 124 valence electrons. The number of benzene rings is 2. The Labute approximate surface area is 148 Å². The lowest BCUT2D eigenvalue weighted by molar-refractivity contribution is -0.384. The van der Waals surface area contributed by atoms with E-state index in [0.29, 0.717) is 11.7 Å². The molecule has 2 aromatic carbocycles. The van der Waals surface area contributed by atoms with E-state index in [1.807, 2.05) is 24.4 Å². The first-order chi connectivity index (χ1) is 11.4. The maximum atomic E-state index is 10.8. The molecule has 0 saturated carbocycles. The van der Waals surface area contributed by atoms with Crippen LogP contribution in [0, 0.1) is 10.1 Å². The van der Waals surface area contributed by atoms with Gasteiger partial charge in [-0.1, -0.05) is 37.0 Å². The van der Waals surface area contributed by atoms with Crippen molar-refractivity contribution >= 4 is 39.8 Å². The van der Waals surface area contributed by atoms with Crippen LogP contribution in [0.15, 0.2) is 36.5 Å². The summed E-state index contributed by atoms with van der Waals surface area (Å²) in [6.07, 6.45) is 1.98. The lowest BCUT2D eigenvalue weighted by atomic mass is 10.0. The van der Waals surface area contributed by atoms with Crippen LogP contribution in [0.25, 0.3) is 10.9 Å². The number of ether oxygens (including phenoxy) is 1. The zero-order valence-electron chi connectivity index (χ0n) is 13.0. The number of hydrogen-bond acceptors (Lipinski definition) is 3. The molecule has 0 atom stereocenters. The molecule has 3 aromatic rings. The summed E-state index contributed by atoms with van der Waals surface area (Å²) >= 11 is 12.1. The molecule has 1 N–H and O–H groups in total. The molecule has 1 heterocycles. The molecule has 0 fully saturated rings. The molecule has 0 aliphatic carbocycles. The molecule has 0 saturated heterocycles. The Bertz CT molecular complexity index is 912. The van der Waals surface area contributed by atoms with Crippen LogP contribution in [-0.2, 0) is 0 Å². The molecule has 0 aliphatic rings. The highest BCUT2D eigenvalue weighted by Crippen LogP contribution is 2.40. The second-order valence-electron chi connectivity index (χ2n) is 5.70. The van der Waals surface area contributed by atoms with Gasteiger partial charge in [0.2, 0.25) is 0 Å². The normalized spacial score (nSPS) is 11.2. The van der Waals surface area contributed by atoms with Crippen molar-refractivity contribution < 1.29 is 9.66 Å². The maximum absolute atomic E-state index is 10.8. The van der Waals surface area contributed by atoms with Crippen molar-refractivity contribution in [2.75, 3.05) is 0 Å². The van der Waals surface area contributed by atoms with Crippen molar-refractivity contribution in [3.63, 3.8) is 0 Å². The Hall–Kier alpha value is -2.24. The van der Waals surface area contributed by atoms with Crippen molar-refractivity contribution in [3.8, 4) is 11.5 Å². The summed E-state index contributed by atoms with van der Waals surface area (Å²) in [6.45, 7) is 4.26. The zero-order valence-corrected chi connectivity index (χ0v) is 14.5. The summed E-state index contributed by atoms with van der Waals surface area (Å²) in [5.41, 5.74) is 1.98. The van der Waals surface area contributed by atoms with Crippen molar-refractivity contribution in [2.45, 2.75) is 19.8 Å². The topological polar surface area (TPSA) is 68.2 Å². The van der Waals surface area contributed by atoms with Crippen LogP contribution in [0.1, 0.15) is 25.3 Å². The van der Waals surface area contributed by atoms with Gasteiger partial charge < -0.3 is 9.72 Å². The standard InChI is InChI=1S/C17H14Cl2N2O3/c1-9(2)13-8-20-16-7-11(3-4-12(13)16)24-17-14(18)5-10(21(22)23)6-15(17)19/h3-9,20H,1-2H3. The molecule has 3 rings (SSSR count). The van der Waals surface area contributed by atoms with Crippen LogP contribution in [0.2, 0.25) is 10.0 Å². The van der Waals surface area contributed by atoms with E-state index >= 15 is 0 Å². The van der Waals surface area contributed by atoms with Gasteiger partial charge in [-0.3, -0.25) is 10.1 Å². The lowest BCUT2D eigenvalue weighted by Gasteiger charge is -2.10. The van der Waals surface area contributed by atoms with Crippen LogP contribution in [-0.4, -0.2) is 9.91 Å². The van der Waals surface area contributed by atoms with Gasteiger partial charge in [-0.05, 0) is 23.6 Å². The predicted octanol–water partition coefficient (Wildman–Crippen LogP) is 6.30. The van der Waals surface area contributed by atoms with Crippen LogP contribution < -0.4 is 4.74 Å². The molecule has 0 amide bonds. The second kappa shape index (κ2) is 6.34. The number of hydrogen-bond donors (Lipinski definition) is 1. The van der Waals surface area contributed by atoms with Gasteiger partial charge in [-0.2, -0.15) is 0 Å². The fraction of sp³-hybridized carbons (Fsp3) is 0.176. The van der Waals surface area contributed by atoms with E-state index < -0.39 is 4.92 Å². The molecule has 1 aromatic heterocycles. The predicted molar refractivity (Wildman–Crippen MR) is 95.6 cm³/mol. The monoisotopic (exact) mass is 364 g/mol. The number of non-ortho nitro benzene ring substituents is 1. The summed E-state index contributed by atoms with van der Waals surface area (Å²) in [5, 5.41) is 12.1. The summed E-state index contributed by atoms with van der Waals surface area (Å²) in [6, 6.07) is 8.05. The average molecular weight is 365 g/mol. The number of aromatic amines is 1. The van der Waals surface area contributed by atoms with Crippen molar-refractivity contribution in [1.29, 1.82) is 0 Å². The fourth-order valence-electron chi connectivity index (χ4n) is 2.54. The zero-order chi connectivity index (χ0) is 17.4. The number of aromatic nitrogens is 1. The Kier molecular flexibility index (Phi) is 4.39. The Morgan fingerprint density at radius 1 is 1.17 bits per heavy atom. The average Bonchev–Trinajstić information content (AvgIpc) is 2.93. The quantitative estimate of drug-likeness (QED) is 0.436. The van der Waals surface area contributed by atoms with Gasteiger partial charge in [0.05, 0.1) is 15.0 Å². The Morgan fingerprint density at radius 3 is 2.42 bits per heavy atom. The highest BCUT2D eigenvalue weighted by molar-refractivity contribution is 6.37. The number of rotatable bonds is 4. The third kappa shape index (κ3) is 3.05. The Morgan fingerprint density at radius 2 is 1.83 bits per heavy atom. The molecule has 5 nitrogen and oxygen atoms in total. The number of nitro benzene ring substituents is 1. The first kappa shape index (κ1) is 16.6. The number of halogens is 2. The highest BCUT2D eigenvalue weighted by atomic mass is 35.5. The van der Waals surface area contributed by atoms with E-state index in [9.17, 15) is 10.1 Å². The van der Waals surface area contributed by atoms with Gasteiger partial charge in [0, 0.05) is 35.3 Å². The van der Waals surface area contributed by atoms with Crippen LogP contribution >= 0.6 is 23.2 Å². The molecular formula is C17H14Cl2N2O3. The Balaban J connectivity index is 1.97. The smallest absolute Gasteiger partial charge is 0.272 e. The van der Waals surface area contributed by atoms with E-state index in [0.717, 1.165) is 10.9 Å². The molecule has 24 heavy (non-hydrogen) atoms. The fourth-order valence-corrected chi connectivity index (χ4v) is 3.09. The highest BCUT2D eigenvalue weighted by Gasteiger charge is 2.17. The van der Waals surface area contributed by atoms with Gasteiger partial charge in [0.15, 0.2) is 5.75 Å². The van der Waals surface area contributed by atoms with E-state index in [4.69, 9.17) is 27.9 Å². The van der Waals surface area contributed by atoms with Crippen LogP contribution in [0.3, 0.4) is 0 Å². The first-order valence-electron chi connectivity index (χ1n) is 7.29. The third-order valence-electron chi connectivity index (χ3n) is 3.72. The summed E-state index contributed by atoms with van der Waals surface area (Å²) in [5.74, 6) is 1.14.